The van der Waals surface area contributed by atoms with Crippen LogP contribution in [0.4, 0.5) is 0 Å². The quantitative estimate of drug-likeness (QED) is 0.0920. The molecule has 6 aromatic rings. The van der Waals surface area contributed by atoms with E-state index in [9.17, 15) is 0 Å². The minimum absolute atomic E-state index is 0. The highest BCUT2D eigenvalue weighted by Gasteiger charge is 2.17. The van der Waals surface area contributed by atoms with E-state index in [1.54, 1.807) is 12.4 Å². The number of pyridine rings is 2. The number of nitrogens with zero attached hydrogens (tertiary/aromatic N) is 6. The van der Waals surface area contributed by atoms with E-state index in [2.05, 4.69) is 42.6 Å². The Labute approximate surface area is 276 Å². The normalized spacial score (nSPS) is 11.2. The van der Waals surface area contributed by atoms with Gasteiger partial charge in [0.05, 0.1) is 36.6 Å². The van der Waals surface area contributed by atoms with Gasteiger partial charge in [-0.25, -0.2) is 28.8 Å². The molecular weight excluding hydrogens is 640 g/mol. The summed E-state index contributed by atoms with van der Waals surface area (Å²) in [4.78, 5) is 0. The third-order valence-electron chi connectivity index (χ3n) is 6.96. The van der Waals surface area contributed by atoms with E-state index in [0.717, 1.165) is 44.9 Å². The SMILES string of the molecule is C[n+]1c(-c2ccc(/C=N/NC(=N)N/N=C/c3ccc(-c4cn5cc(Cl)ccc5[n+]4C)cc3)cc2)cn2cc(Cl)ccc21.[Cl-].[Cl-]. The number of rotatable bonds is 6. The van der Waals surface area contributed by atoms with Gasteiger partial charge in [0, 0.05) is 23.3 Å². The highest BCUT2D eigenvalue weighted by molar-refractivity contribution is 6.30. The molecule has 0 spiro atoms. The lowest BCUT2D eigenvalue weighted by Crippen LogP contribution is -3.00. The Morgan fingerprint density at radius 1 is 0.636 bits per heavy atom. The molecule has 0 aliphatic heterocycles. The largest absolute Gasteiger partial charge is 1.00 e. The fourth-order valence-electron chi connectivity index (χ4n) is 4.81. The Bertz CT molecular complexity index is 1850. The molecule has 0 unspecified atom stereocenters. The van der Waals surface area contributed by atoms with Crippen molar-refractivity contribution in [2.75, 3.05) is 0 Å². The number of aromatic nitrogens is 4. The first-order valence-corrected chi connectivity index (χ1v) is 13.8. The van der Waals surface area contributed by atoms with Crippen molar-refractivity contribution in [1.29, 1.82) is 5.41 Å². The Morgan fingerprint density at radius 3 is 1.41 bits per heavy atom. The van der Waals surface area contributed by atoms with Gasteiger partial charge in [-0.2, -0.15) is 10.2 Å². The van der Waals surface area contributed by atoms with Gasteiger partial charge in [-0.05, 0) is 47.5 Å². The van der Waals surface area contributed by atoms with Crippen LogP contribution in [0.15, 0.2) is 108 Å². The molecule has 9 nitrogen and oxygen atoms in total. The average Bonchev–Trinajstić information content (AvgIpc) is 3.49. The first kappa shape index (κ1) is 32.5. The van der Waals surface area contributed by atoms with Crippen molar-refractivity contribution in [3.8, 4) is 22.5 Å². The molecule has 0 amide bonds. The summed E-state index contributed by atoms with van der Waals surface area (Å²) < 4.78 is 8.25. The van der Waals surface area contributed by atoms with Crippen molar-refractivity contribution in [3.05, 3.63) is 119 Å². The summed E-state index contributed by atoms with van der Waals surface area (Å²) in [5.41, 5.74) is 13.4. The van der Waals surface area contributed by atoms with E-state index in [1.807, 2.05) is 108 Å². The lowest BCUT2D eigenvalue weighted by Gasteiger charge is -2.02. The molecule has 0 saturated carbocycles. The maximum absolute atomic E-state index is 8.02. The summed E-state index contributed by atoms with van der Waals surface area (Å²) >= 11 is 12.3. The number of halogens is 4. The number of imidazole rings is 2. The fraction of sp³-hybridized carbons (Fsp3) is 0.0645. The molecule has 0 bridgehead atoms. The summed E-state index contributed by atoms with van der Waals surface area (Å²) in [7, 11) is 4.05. The van der Waals surface area contributed by atoms with Gasteiger partial charge in [-0.1, -0.05) is 47.5 Å². The molecule has 0 saturated heterocycles. The van der Waals surface area contributed by atoms with Gasteiger partial charge in [0.15, 0.2) is 11.4 Å². The zero-order valence-corrected chi connectivity index (χ0v) is 26.6. The van der Waals surface area contributed by atoms with Crippen molar-refractivity contribution in [3.63, 3.8) is 0 Å². The van der Waals surface area contributed by atoms with Crippen molar-refractivity contribution in [2.24, 2.45) is 24.3 Å². The number of benzene rings is 2. The number of aryl methyl sites for hydroxylation is 2. The lowest BCUT2D eigenvalue weighted by atomic mass is 10.1. The number of guanidine groups is 1. The maximum Gasteiger partial charge on any atom is 0.286 e. The molecule has 0 aliphatic rings. The third-order valence-corrected chi connectivity index (χ3v) is 7.41. The minimum atomic E-state index is -0.0480. The van der Waals surface area contributed by atoms with Crippen LogP contribution < -0.4 is 44.8 Å². The monoisotopic (exact) mass is 665 g/mol. The molecule has 4 heterocycles. The van der Waals surface area contributed by atoms with Crippen LogP contribution in [0.25, 0.3) is 33.8 Å². The van der Waals surface area contributed by atoms with E-state index < -0.39 is 0 Å². The Morgan fingerprint density at radius 2 is 1.02 bits per heavy atom. The van der Waals surface area contributed by atoms with E-state index >= 15 is 0 Å². The second kappa shape index (κ2) is 13.9. The van der Waals surface area contributed by atoms with E-state index in [-0.39, 0.29) is 30.8 Å². The Hall–Kier alpha value is -4.41. The van der Waals surface area contributed by atoms with E-state index in [0.29, 0.717) is 10.0 Å². The number of nitrogens with one attached hydrogen (secondary N) is 3. The van der Waals surface area contributed by atoms with Gasteiger partial charge in [-0.15, -0.1) is 0 Å². The van der Waals surface area contributed by atoms with Gasteiger partial charge < -0.3 is 24.8 Å². The molecule has 0 fully saturated rings. The molecule has 13 heteroatoms. The number of hydrogen-bond acceptors (Lipinski definition) is 3. The van der Waals surface area contributed by atoms with Crippen molar-refractivity contribution >= 4 is 52.9 Å². The zero-order valence-electron chi connectivity index (χ0n) is 23.6. The average molecular weight is 667 g/mol. The summed E-state index contributed by atoms with van der Waals surface area (Å²) in [5, 5.41) is 17.7. The van der Waals surface area contributed by atoms with Crippen LogP contribution in [-0.4, -0.2) is 27.2 Å². The van der Waals surface area contributed by atoms with E-state index in [4.69, 9.17) is 28.6 Å². The maximum atomic E-state index is 8.02. The second-order valence-electron chi connectivity index (χ2n) is 9.73. The van der Waals surface area contributed by atoms with Crippen LogP contribution in [0.5, 0.6) is 0 Å². The molecule has 3 N–H and O–H groups in total. The Kier molecular flexibility index (Phi) is 10.3. The highest BCUT2D eigenvalue weighted by Crippen LogP contribution is 2.20. The first-order chi connectivity index (χ1) is 20.4. The van der Waals surface area contributed by atoms with Gasteiger partial charge in [0.1, 0.15) is 24.8 Å². The van der Waals surface area contributed by atoms with E-state index in [1.165, 1.54) is 0 Å². The number of fused-ring (bicyclic) bond motifs is 2. The van der Waals surface area contributed by atoms with Crippen LogP contribution in [0.3, 0.4) is 0 Å². The molecule has 6 rings (SSSR count). The summed E-state index contributed by atoms with van der Waals surface area (Å²) in [6.07, 6.45) is 11.2. The third kappa shape index (κ3) is 6.87. The Balaban J connectivity index is 0.00000221. The highest BCUT2D eigenvalue weighted by atomic mass is 35.5. The standard InChI is InChI=1S/C31H27Cl2N9.2ClH/c1-39-27(19-41-17-25(32)11-13-29(39)41)23-7-3-21(4-8-23)15-35-37-31(34)38-36-16-22-5-9-24(10-6-22)28-20-42-18-26(33)12-14-30(42)40(28)2;;/h3-20H,1-2H3,(H3,34,37,38);2*1H/q+2;;/p-2/b35-15+,36-16+;;. The van der Waals surface area contributed by atoms with Crippen LogP contribution >= 0.6 is 23.2 Å². The van der Waals surface area contributed by atoms with Gasteiger partial charge >= 0.3 is 0 Å². The molecule has 0 radical (unpaired) electrons. The molecule has 4 aromatic heterocycles. The van der Waals surface area contributed by atoms with Gasteiger partial charge in [0.2, 0.25) is 5.96 Å². The molecule has 224 valence electrons. The molecular formula is C31H27Cl4N9. The first-order valence-electron chi connectivity index (χ1n) is 13.1. The predicted octanol–water partition coefficient (Wildman–Crippen LogP) is -1.03. The number of hydrogen-bond donors (Lipinski definition) is 3. The van der Waals surface area contributed by atoms with Gasteiger partial charge in [-0.3, -0.25) is 5.41 Å². The summed E-state index contributed by atoms with van der Waals surface area (Å²) in [5.74, 6) is -0.0480. The second-order valence-corrected chi connectivity index (χ2v) is 10.6. The summed E-state index contributed by atoms with van der Waals surface area (Å²) in [6.45, 7) is 0. The van der Waals surface area contributed by atoms with Crippen LogP contribution in [0.2, 0.25) is 10.0 Å². The fourth-order valence-corrected chi connectivity index (χ4v) is 5.15. The van der Waals surface area contributed by atoms with Gasteiger partial charge in [0.25, 0.3) is 11.3 Å². The predicted molar refractivity (Wildman–Crippen MR) is 167 cm³/mol. The molecule has 0 atom stereocenters. The smallest absolute Gasteiger partial charge is 0.286 e. The van der Waals surface area contributed by atoms with Crippen LogP contribution in [-0.2, 0) is 14.1 Å². The topological polar surface area (TPSA) is 89.2 Å². The minimum Gasteiger partial charge on any atom is -1.00 e. The van der Waals surface area contributed by atoms with Crippen molar-refractivity contribution in [2.45, 2.75) is 0 Å². The van der Waals surface area contributed by atoms with Crippen LogP contribution in [0, 0.1) is 5.41 Å². The molecule has 2 aromatic carbocycles. The van der Waals surface area contributed by atoms with Crippen molar-refractivity contribution < 1.29 is 33.9 Å². The van der Waals surface area contributed by atoms with Crippen LogP contribution in [0.1, 0.15) is 11.1 Å². The zero-order chi connectivity index (χ0) is 29.2. The molecule has 44 heavy (non-hydrogen) atoms. The number of hydrazone groups is 2. The summed E-state index contributed by atoms with van der Waals surface area (Å²) in [6, 6.07) is 23.8. The lowest BCUT2D eigenvalue weighted by molar-refractivity contribution is -0.633. The van der Waals surface area contributed by atoms with Crippen molar-refractivity contribution in [1.82, 2.24) is 19.7 Å². The molecule has 0 aliphatic carbocycles.